The Hall–Kier alpha value is -1.80. The zero-order valence-electron chi connectivity index (χ0n) is 17.4. The maximum Gasteiger partial charge on any atom is 0.252 e. The number of fused-ring (bicyclic) bond motifs is 4. The summed E-state index contributed by atoms with van der Waals surface area (Å²) in [5.41, 5.74) is 2.55. The van der Waals surface area contributed by atoms with Gasteiger partial charge in [-0.3, -0.25) is 9.59 Å². The Bertz CT molecular complexity index is 1080. The van der Waals surface area contributed by atoms with Crippen LogP contribution in [0.4, 0.5) is 0 Å². The van der Waals surface area contributed by atoms with E-state index in [2.05, 4.69) is 10.6 Å². The minimum absolute atomic E-state index is 0.0291. The van der Waals surface area contributed by atoms with Crippen LogP contribution in [0.15, 0.2) is 47.3 Å². The van der Waals surface area contributed by atoms with Crippen molar-refractivity contribution in [1.82, 2.24) is 20.1 Å². The number of thiocarbonyl (C=S) groups is 1. The highest BCUT2D eigenvalue weighted by Gasteiger charge is 2.39. The molecular weight excluding hydrogens is 491 g/mol. The first kappa shape index (κ1) is 23.4. The summed E-state index contributed by atoms with van der Waals surface area (Å²) in [7, 11) is 0. The first-order valence-electron chi connectivity index (χ1n) is 10.3. The number of aryl methyl sites for hydroxylation is 1. The molecule has 2 bridgehead atoms. The van der Waals surface area contributed by atoms with Crippen molar-refractivity contribution in [1.29, 1.82) is 0 Å². The van der Waals surface area contributed by atoms with Crippen LogP contribution in [-0.2, 0) is 6.54 Å². The van der Waals surface area contributed by atoms with Crippen LogP contribution in [0.5, 0.6) is 0 Å². The molecule has 0 aliphatic carbocycles. The number of carbonyl (C=O) groups excluding carboxylic acids is 1. The van der Waals surface area contributed by atoms with Crippen LogP contribution >= 0.6 is 47.0 Å². The van der Waals surface area contributed by atoms with Gasteiger partial charge in [0.15, 0.2) is 5.11 Å². The van der Waals surface area contributed by atoms with Gasteiger partial charge in [0.2, 0.25) is 3.79 Å². The molecule has 4 rings (SSSR count). The Morgan fingerprint density at radius 3 is 2.50 bits per heavy atom. The number of hydrogen-bond donors (Lipinski definition) is 2. The summed E-state index contributed by atoms with van der Waals surface area (Å²) in [5, 5.41) is 6.15. The molecule has 2 N–H and O–H groups in total. The molecule has 1 saturated heterocycles. The third kappa shape index (κ3) is 5.06. The van der Waals surface area contributed by atoms with Crippen LogP contribution in [0.1, 0.15) is 34.0 Å². The lowest BCUT2D eigenvalue weighted by atomic mass is 9.83. The van der Waals surface area contributed by atoms with Crippen molar-refractivity contribution in [3.05, 3.63) is 69.6 Å². The number of alkyl halides is 3. The van der Waals surface area contributed by atoms with Crippen molar-refractivity contribution in [3.63, 3.8) is 0 Å². The molecular formula is C22H23Cl3N4O2S. The molecule has 1 aromatic carbocycles. The topological polar surface area (TPSA) is 66.4 Å². The van der Waals surface area contributed by atoms with E-state index in [-0.39, 0.29) is 23.3 Å². The van der Waals surface area contributed by atoms with Crippen molar-refractivity contribution >= 4 is 58.0 Å². The van der Waals surface area contributed by atoms with Crippen molar-refractivity contribution in [2.24, 2.45) is 5.92 Å². The average molecular weight is 514 g/mol. The van der Waals surface area contributed by atoms with E-state index < -0.39 is 9.96 Å². The highest BCUT2D eigenvalue weighted by Crippen LogP contribution is 2.35. The highest BCUT2D eigenvalue weighted by atomic mass is 35.6. The van der Waals surface area contributed by atoms with Crippen LogP contribution in [0.25, 0.3) is 0 Å². The molecule has 3 atom stereocenters. The number of nitrogens with zero attached hydrogens (tertiary/aromatic N) is 2. The number of amides is 1. The summed E-state index contributed by atoms with van der Waals surface area (Å²) in [6.07, 6.45) is -0.0221. The molecule has 6 nitrogen and oxygen atoms in total. The average Bonchev–Trinajstić information content (AvgIpc) is 2.73. The second kappa shape index (κ2) is 9.21. The summed E-state index contributed by atoms with van der Waals surface area (Å²) in [6, 6.07) is 12.5. The molecule has 1 aromatic heterocycles. The van der Waals surface area contributed by atoms with Gasteiger partial charge < -0.3 is 20.1 Å². The van der Waals surface area contributed by atoms with Crippen LogP contribution in [0.2, 0.25) is 0 Å². The molecule has 2 aliphatic heterocycles. The summed E-state index contributed by atoms with van der Waals surface area (Å²) in [4.78, 5) is 26.9. The van der Waals surface area contributed by atoms with Gasteiger partial charge in [-0.25, -0.2) is 0 Å². The van der Waals surface area contributed by atoms with E-state index in [1.165, 1.54) is 0 Å². The van der Waals surface area contributed by atoms with Gasteiger partial charge in [0.1, 0.15) is 6.17 Å². The Balaban J connectivity index is 1.47. The van der Waals surface area contributed by atoms with E-state index in [9.17, 15) is 9.59 Å². The number of nitrogens with one attached hydrogen (secondary N) is 2. The zero-order chi connectivity index (χ0) is 23.0. The molecule has 0 saturated carbocycles. The molecule has 3 heterocycles. The number of aromatic nitrogens is 1. The lowest BCUT2D eigenvalue weighted by molar-refractivity contribution is 0.0932. The third-order valence-electron chi connectivity index (χ3n) is 5.95. The van der Waals surface area contributed by atoms with E-state index in [0.29, 0.717) is 30.3 Å². The van der Waals surface area contributed by atoms with E-state index in [0.717, 1.165) is 17.7 Å². The largest absolute Gasteiger partial charge is 0.348 e. The standard InChI is InChI=1S/C22H23Cl3N4O2S/c1-13-5-7-15(8-6-13)19(31)26-20(22(23,24)25)27-21(32)28-10-14-9-16(12-28)17-3-2-4-18(30)29(17)11-14/h2-8,14,16,20H,9-12H2,1H3,(H,26,31)(H,27,32). The highest BCUT2D eigenvalue weighted by molar-refractivity contribution is 7.80. The fraction of sp³-hybridized carbons (Fsp3) is 0.409. The number of halogens is 3. The maximum atomic E-state index is 12.7. The first-order chi connectivity index (χ1) is 15.1. The van der Waals surface area contributed by atoms with E-state index in [4.69, 9.17) is 47.0 Å². The van der Waals surface area contributed by atoms with Crippen molar-refractivity contribution in [2.45, 2.75) is 35.8 Å². The fourth-order valence-electron chi connectivity index (χ4n) is 4.40. The van der Waals surface area contributed by atoms with Gasteiger partial charge >= 0.3 is 0 Å². The van der Waals surface area contributed by atoms with Crippen LogP contribution in [0.3, 0.4) is 0 Å². The molecule has 1 amide bonds. The van der Waals surface area contributed by atoms with Gasteiger partial charge in [-0.05, 0) is 49.7 Å². The van der Waals surface area contributed by atoms with E-state index >= 15 is 0 Å². The molecule has 0 spiro atoms. The van der Waals surface area contributed by atoms with Crippen molar-refractivity contribution in [2.75, 3.05) is 13.1 Å². The molecule has 2 aliphatic rings. The Morgan fingerprint density at radius 1 is 1.09 bits per heavy atom. The van der Waals surface area contributed by atoms with Crippen LogP contribution < -0.4 is 16.2 Å². The fourth-order valence-corrected chi connectivity index (χ4v) is 4.99. The summed E-state index contributed by atoms with van der Waals surface area (Å²) in [5.74, 6) is 0.0967. The number of carbonyl (C=O) groups is 1. The minimum Gasteiger partial charge on any atom is -0.348 e. The first-order valence-corrected chi connectivity index (χ1v) is 11.9. The van der Waals surface area contributed by atoms with Gasteiger partial charge in [0, 0.05) is 42.9 Å². The molecule has 10 heteroatoms. The lowest BCUT2D eigenvalue weighted by Gasteiger charge is -2.44. The van der Waals surface area contributed by atoms with Crippen molar-refractivity contribution in [3.8, 4) is 0 Å². The Kier molecular flexibility index (Phi) is 6.73. The molecule has 0 radical (unpaired) electrons. The van der Waals surface area contributed by atoms with Gasteiger partial charge in [-0.1, -0.05) is 58.6 Å². The predicted molar refractivity (Wildman–Crippen MR) is 132 cm³/mol. The number of rotatable bonds is 3. The maximum absolute atomic E-state index is 12.7. The normalized spacial score (nSPS) is 20.8. The molecule has 1 fully saturated rings. The minimum atomic E-state index is -1.82. The quantitative estimate of drug-likeness (QED) is 0.373. The van der Waals surface area contributed by atoms with E-state index in [1.807, 2.05) is 34.6 Å². The summed E-state index contributed by atoms with van der Waals surface area (Å²) < 4.78 is 0.0363. The third-order valence-corrected chi connectivity index (χ3v) is 6.98. The smallest absolute Gasteiger partial charge is 0.252 e. The molecule has 170 valence electrons. The number of likely N-dealkylation sites (tertiary alicyclic amines) is 1. The van der Waals surface area contributed by atoms with Gasteiger partial charge in [-0.2, -0.15) is 0 Å². The second-order valence-corrected chi connectivity index (χ2v) is 11.1. The number of pyridine rings is 1. The molecule has 3 unspecified atom stereocenters. The molecule has 32 heavy (non-hydrogen) atoms. The summed E-state index contributed by atoms with van der Waals surface area (Å²) in [6.45, 7) is 3.92. The SMILES string of the molecule is Cc1ccc(C(=O)NC(NC(=S)N2CC3CC(C2)c2cccc(=O)n2C3)C(Cl)(Cl)Cl)cc1. The Morgan fingerprint density at radius 2 is 1.81 bits per heavy atom. The van der Waals surface area contributed by atoms with Gasteiger partial charge in [0.05, 0.1) is 0 Å². The summed E-state index contributed by atoms with van der Waals surface area (Å²) >= 11 is 24.1. The second-order valence-electron chi connectivity index (χ2n) is 8.37. The van der Waals surface area contributed by atoms with Gasteiger partial charge in [-0.15, -0.1) is 0 Å². The number of benzene rings is 1. The van der Waals surface area contributed by atoms with Crippen LogP contribution in [-0.4, -0.2) is 43.5 Å². The lowest BCUT2D eigenvalue weighted by Crippen LogP contribution is -2.60. The van der Waals surface area contributed by atoms with Gasteiger partial charge in [0.25, 0.3) is 11.5 Å². The van der Waals surface area contributed by atoms with E-state index in [1.54, 1.807) is 24.3 Å². The predicted octanol–water partition coefficient (Wildman–Crippen LogP) is 3.58. The molecule has 2 aromatic rings. The van der Waals surface area contributed by atoms with Crippen molar-refractivity contribution < 1.29 is 4.79 Å². The monoisotopic (exact) mass is 512 g/mol. The number of piperidine rings is 1. The van der Waals surface area contributed by atoms with Crippen LogP contribution in [0, 0.1) is 12.8 Å². The zero-order valence-corrected chi connectivity index (χ0v) is 20.4. The number of hydrogen-bond acceptors (Lipinski definition) is 3. The Labute approximate surface area is 206 Å².